The van der Waals surface area contributed by atoms with Gasteiger partial charge in [-0.1, -0.05) is 18.5 Å². The molecule has 1 rings (SSSR count). The topological polar surface area (TPSA) is 83.6 Å². The first-order chi connectivity index (χ1) is 8.43. The van der Waals surface area contributed by atoms with Crippen LogP contribution in [0.25, 0.3) is 0 Å². The number of amides is 1. The number of hydrogen-bond acceptors (Lipinski definition) is 3. The molecule has 0 spiro atoms. The zero-order chi connectivity index (χ0) is 13.7. The Morgan fingerprint density at radius 3 is 2.56 bits per heavy atom. The van der Waals surface area contributed by atoms with Crippen molar-refractivity contribution in [2.24, 2.45) is 0 Å². The predicted octanol–water partition coefficient (Wildman–Crippen LogP) is 1.86. The average Bonchev–Trinajstić information content (AvgIpc) is 2.25. The van der Waals surface area contributed by atoms with Crippen LogP contribution in [0.3, 0.4) is 0 Å². The summed E-state index contributed by atoms with van der Waals surface area (Å²) in [7, 11) is 0. The number of anilines is 1. The molecular formula is C12H15ClN2O3. The van der Waals surface area contributed by atoms with E-state index in [1.165, 1.54) is 23.1 Å². The lowest BCUT2D eigenvalue weighted by molar-refractivity contribution is -0.137. The molecule has 0 saturated carbocycles. The molecule has 98 valence electrons. The van der Waals surface area contributed by atoms with Crippen LogP contribution in [-0.2, 0) is 4.79 Å². The summed E-state index contributed by atoms with van der Waals surface area (Å²) in [5.41, 5.74) is 6.27. The van der Waals surface area contributed by atoms with Gasteiger partial charge in [-0.3, -0.25) is 9.59 Å². The van der Waals surface area contributed by atoms with Crippen LogP contribution in [0.1, 0.15) is 23.7 Å². The molecule has 0 aliphatic carbocycles. The van der Waals surface area contributed by atoms with E-state index in [0.29, 0.717) is 29.2 Å². The number of benzene rings is 1. The third-order valence-corrected chi connectivity index (χ3v) is 2.49. The van der Waals surface area contributed by atoms with Gasteiger partial charge in [-0.05, 0) is 24.6 Å². The second kappa shape index (κ2) is 6.26. The lowest BCUT2D eigenvalue weighted by Crippen LogP contribution is -2.36. The van der Waals surface area contributed by atoms with Gasteiger partial charge in [-0.2, -0.15) is 0 Å². The van der Waals surface area contributed by atoms with E-state index < -0.39 is 5.97 Å². The fourth-order valence-corrected chi connectivity index (χ4v) is 1.85. The van der Waals surface area contributed by atoms with Crippen LogP contribution in [-0.4, -0.2) is 35.0 Å². The first-order valence-electron chi connectivity index (χ1n) is 5.51. The zero-order valence-electron chi connectivity index (χ0n) is 10.0. The van der Waals surface area contributed by atoms with Crippen molar-refractivity contribution >= 4 is 29.2 Å². The van der Waals surface area contributed by atoms with E-state index >= 15 is 0 Å². The van der Waals surface area contributed by atoms with E-state index in [0.717, 1.165) is 0 Å². The smallest absolute Gasteiger partial charge is 0.323 e. The summed E-state index contributed by atoms with van der Waals surface area (Å²) in [4.78, 5) is 24.1. The molecule has 0 saturated heterocycles. The van der Waals surface area contributed by atoms with Crippen molar-refractivity contribution in [3.8, 4) is 0 Å². The summed E-state index contributed by atoms with van der Waals surface area (Å²) < 4.78 is 0. The maximum atomic E-state index is 12.1. The molecular weight excluding hydrogens is 256 g/mol. The normalized spacial score (nSPS) is 10.1. The number of nitrogens with two attached hydrogens (primary N) is 1. The van der Waals surface area contributed by atoms with E-state index in [1.807, 2.05) is 6.92 Å². The summed E-state index contributed by atoms with van der Waals surface area (Å²) in [6.45, 7) is 1.91. The molecule has 0 heterocycles. The molecule has 0 aliphatic heterocycles. The van der Waals surface area contributed by atoms with E-state index in [4.69, 9.17) is 22.4 Å². The monoisotopic (exact) mass is 270 g/mol. The molecule has 1 aromatic rings. The highest BCUT2D eigenvalue weighted by atomic mass is 35.5. The molecule has 1 aromatic carbocycles. The van der Waals surface area contributed by atoms with Gasteiger partial charge in [0.05, 0.1) is 0 Å². The molecule has 1 amide bonds. The number of aliphatic carboxylic acids is 1. The fraction of sp³-hybridized carbons (Fsp3) is 0.333. The van der Waals surface area contributed by atoms with Gasteiger partial charge in [-0.25, -0.2) is 0 Å². The van der Waals surface area contributed by atoms with E-state index in [1.54, 1.807) is 0 Å². The van der Waals surface area contributed by atoms with Gasteiger partial charge < -0.3 is 15.7 Å². The van der Waals surface area contributed by atoms with Crippen LogP contribution in [0.5, 0.6) is 0 Å². The van der Waals surface area contributed by atoms with Crippen molar-refractivity contribution in [1.82, 2.24) is 4.90 Å². The van der Waals surface area contributed by atoms with E-state index in [2.05, 4.69) is 0 Å². The number of hydrogen-bond donors (Lipinski definition) is 2. The van der Waals surface area contributed by atoms with Crippen molar-refractivity contribution in [3.05, 3.63) is 28.8 Å². The van der Waals surface area contributed by atoms with Crippen LogP contribution < -0.4 is 5.73 Å². The maximum Gasteiger partial charge on any atom is 0.323 e. The zero-order valence-corrected chi connectivity index (χ0v) is 10.8. The Morgan fingerprint density at radius 2 is 2.06 bits per heavy atom. The third kappa shape index (κ3) is 3.92. The number of rotatable bonds is 5. The number of nitrogen functional groups attached to an aromatic ring is 1. The third-order valence-electron chi connectivity index (χ3n) is 2.27. The van der Waals surface area contributed by atoms with Crippen molar-refractivity contribution in [2.75, 3.05) is 18.8 Å². The molecule has 0 aromatic heterocycles. The number of carbonyl (C=O) groups is 2. The molecule has 0 atom stereocenters. The summed E-state index contributed by atoms with van der Waals surface area (Å²) in [6, 6.07) is 4.49. The molecule has 5 nitrogen and oxygen atoms in total. The Bertz CT molecular complexity index is 442. The largest absolute Gasteiger partial charge is 0.480 e. The highest BCUT2D eigenvalue weighted by molar-refractivity contribution is 6.31. The second-order valence-electron chi connectivity index (χ2n) is 3.89. The first-order valence-corrected chi connectivity index (χ1v) is 5.89. The molecule has 6 heteroatoms. The minimum absolute atomic E-state index is 0.301. The predicted molar refractivity (Wildman–Crippen MR) is 69.7 cm³/mol. The average molecular weight is 271 g/mol. The number of nitrogens with zero attached hydrogens (tertiary/aromatic N) is 1. The van der Waals surface area contributed by atoms with Gasteiger partial charge in [0.15, 0.2) is 0 Å². The molecule has 0 radical (unpaired) electrons. The Hall–Kier alpha value is -1.75. The molecule has 3 N–H and O–H groups in total. The van der Waals surface area contributed by atoms with Gasteiger partial charge in [0.2, 0.25) is 0 Å². The number of carboxylic acids is 1. The summed E-state index contributed by atoms with van der Waals surface area (Å²) in [6.07, 6.45) is 0.676. The van der Waals surface area contributed by atoms with Crippen LogP contribution >= 0.6 is 11.6 Å². The van der Waals surface area contributed by atoms with Crippen LogP contribution in [0.15, 0.2) is 18.2 Å². The summed E-state index contributed by atoms with van der Waals surface area (Å²) >= 11 is 5.81. The summed E-state index contributed by atoms with van der Waals surface area (Å²) in [5.74, 6) is -1.43. The van der Waals surface area contributed by atoms with E-state index in [-0.39, 0.29) is 12.5 Å². The van der Waals surface area contributed by atoms with Gasteiger partial charge in [0, 0.05) is 22.8 Å². The van der Waals surface area contributed by atoms with Gasteiger partial charge >= 0.3 is 5.97 Å². The highest BCUT2D eigenvalue weighted by Crippen LogP contribution is 2.18. The fourth-order valence-electron chi connectivity index (χ4n) is 1.60. The quantitative estimate of drug-likeness (QED) is 0.800. The first kappa shape index (κ1) is 14.3. The van der Waals surface area contributed by atoms with Crippen LogP contribution in [0.2, 0.25) is 5.02 Å². The van der Waals surface area contributed by atoms with Gasteiger partial charge in [-0.15, -0.1) is 0 Å². The van der Waals surface area contributed by atoms with Crippen molar-refractivity contribution in [2.45, 2.75) is 13.3 Å². The Kier molecular flexibility index (Phi) is 4.97. The molecule has 0 aliphatic rings. The lowest BCUT2D eigenvalue weighted by atomic mass is 10.1. The maximum absolute atomic E-state index is 12.1. The lowest BCUT2D eigenvalue weighted by Gasteiger charge is -2.20. The minimum atomic E-state index is -1.05. The van der Waals surface area contributed by atoms with Crippen LogP contribution in [0, 0.1) is 0 Å². The summed E-state index contributed by atoms with van der Waals surface area (Å²) in [5, 5.41) is 9.12. The van der Waals surface area contributed by atoms with Crippen molar-refractivity contribution in [3.63, 3.8) is 0 Å². The molecule has 0 fully saturated rings. The Labute approximate surface area is 110 Å². The minimum Gasteiger partial charge on any atom is -0.480 e. The van der Waals surface area contributed by atoms with Crippen molar-refractivity contribution in [1.29, 1.82) is 0 Å². The molecule has 18 heavy (non-hydrogen) atoms. The number of carboxylic acid groups (broad SMARTS) is 1. The number of carbonyl (C=O) groups excluding carboxylic acids is 1. The SMILES string of the molecule is CCCN(CC(=O)O)C(=O)c1cc(N)cc(Cl)c1. The van der Waals surface area contributed by atoms with Crippen LogP contribution in [0.4, 0.5) is 5.69 Å². The van der Waals surface area contributed by atoms with E-state index in [9.17, 15) is 9.59 Å². The highest BCUT2D eigenvalue weighted by Gasteiger charge is 2.18. The van der Waals surface area contributed by atoms with Gasteiger partial charge in [0.1, 0.15) is 6.54 Å². The number of halogens is 1. The standard InChI is InChI=1S/C12H15ClN2O3/c1-2-3-15(7-11(16)17)12(18)8-4-9(13)6-10(14)5-8/h4-6H,2-3,7,14H2,1H3,(H,16,17). The second-order valence-corrected chi connectivity index (χ2v) is 4.33. The Morgan fingerprint density at radius 1 is 1.39 bits per heavy atom. The molecule has 0 unspecified atom stereocenters. The molecule has 0 bridgehead atoms. The van der Waals surface area contributed by atoms with Gasteiger partial charge in [0.25, 0.3) is 5.91 Å². The Balaban J connectivity index is 2.97. The van der Waals surface area contributed by atoms with Crippen molar-refractivity contribution < 1.29 is 14.7 Å².